The molecule has 1 aliphatic heterocycles. The highest BCUT2D eigenvalue weighted by molar-refractivity contribution is 6.02. The molecule has 11 heteroatoms. The molecular weight excluding hydrogens is 488 g/mol. The minimum Gasteiger partial charge on any atom is -0.451 e. The SMILES string of the molecule is CN(C)C1CCN(c2ccc(NC(=O)c3ccc(-c4cc(C(F)(F)F)cc(C(F)(F)F)c4)o3)cc2)C1. The fourth-order valence-corrected chi connectivity index (χ4v) is 4.06. The van der Waals surface area contributed by atoms with Gasteiger partial charge in [-0.1, -0.05) is 0 Å². The number of carbonyl (C=O) groups is 1. The van der Waals surface area contributed by atoms with Crippen molar-refractivity contribution in [3.05, 3.63) is 71.5 Å². The molecule has 1 aliphatic rings. The number of nitrogens with one attached hydrogen (secondary N) is 1. The molecule has 1 amide bonds. The molecule has 1 N–H and O–H groups in total. The first-order valence-corrected chi connectivity index (χ1v) is 11.0. The van der Waals surface area contributed by atoms with Crippen molar-refractivity contribution in [3.63, 3.8) is 0 Å². The molecule has 2 heterocycles. The summed E-state index contributed by atoms with van der Waals surface area (Å²) in [5.74, 6) is -1.24. The zero-order valence-electron chi connectivity index (χ0n) is 19.4. The first-order chi connectivity index (χ1) is 16.8. The van der Waals surface area contributed by atoms with Crippen LogP contribution in [0, 0.1) is 0 Å². The number of rotatable bonds is 5. The van der Waals surface area contributed by atoms with E-state index in [4.69, 9.17) is 4.42 Å². The van der Waals surface area contributed by atoms with Gasteiger partial charge >= 0.3 is 12.4 Å². The monoisotopic (exact) mass is 511 g/mol. The number of nitrogens with zero attached hydrogens (tertiary/aromatic N) is 2. The summed E-state index contributed by atoms with van der Waals surface area (Å²) in [5, 5.41) is 2.62. The van der Waals surface area contributed by atoms with Gasteiger partial charge in [-0.3, -0.25) is 4.79 Å². The lowest BCUT2D eigenvalue weighted by Crippen LogP contribution is -2.31. The first-order valence-electron chi connectivity index (χ1n) is 11.0. The van der Waals surface area contributed by atoms with Crippen LogP contribution in [0.4, 0.5) is 37.7 Å². The molecule has 1 unspecified atom stereocenters. The summed E-state index contributed by atoms with van der Waals surface area (Å²) in [6.07, 6.45) is -8.93. The number of amides is 1. The number of carbonyl (C=O) groups excluding carboxylic acids is 1. The van der Waals surface area contributed by atoms with Crippen LogP contribution in [-0.2, 0) is 12.4 Å². The zero-order chi connectivity index (χ0) is 26.3. The first kappa shape index (κ1) is 25.6. The van der Waals surface area contributed by atoms with Crippen LogP contribution in [0.25, 0.3) is 11.3 Å². The second-order valence-electron chi connectivity index (χ2n) is 8.81. The van der Waals surface area contributed by atoms with Crippen LogP contribution in [0.5, 0.6) is 0 Å². The van der Waals surface area contributed by atoms with Crippen LogP contribution in [0.3, 0.4) is 0 Å². The van der Waals surface area contributed by atoms with E-state index in [2.05, 4.69) is 15.1 Å². The molecule has 3 aromatic rings. The number of halogens is 6. The standard InChI is InChI=1S/C25H23F6N3O2/c1-33(2)20-9-10-34(14-20)19-5-3-18(4-6-19)32-23(35)22-8-7-21(36-22)15-11-16(24(26,27)28)13-17(12-15)25(29,30)31/h3-8,11-13,20H,9-10,14H2,1-2H3,(H,32,35). The fourth-order valence-electron chi connectivity index (χ4n) is 4.06. The summed E-state index contributed by atoms with van der Waals surface area (Å²) < 4.78 is 84.2. The topological polar surface area (TPSA) is 48.7 Å². The van der Waals surface area contributed by atoms with Gasteiger partial charge in [0, 0.05) is 36.1 Å². The van der Waals surface area contributed by atoms with Crippen LogP contribution >= 0.6 is 0 Å². The summed E-state index contributed by atoms with van der Waals surface area (Å²) in [4.78, 5) is 17.0. The van der Waals surface area contributed by atoms with Gasteiger partial charge in [0.05, 0.1) is 11.1 Å². The predicted molar refractivity (Wildman–Crippen MR) is 123 cm³/mol. The molecule has 0 aliphatic carbocycles. The van der Waals surface area contributed by atoms with Gasteiger partial charge in [-0.25, -0.2) is 0 Å². The Hall–Kier alpha value is -3.47. The maximum absolute atomic E-state index is 13.1. The number of hydrogen-bond donors (Lipinski definition) is 1. The highest BCUT2D eigenvalue weighted by Crippen LogP contribution is 2.39. The molecule has 5 nitrogen and oxygen atoms in total. The maximum atomic E-state index is 13.1. The Balaban J connectivity index is 1.49. The Kier molecular flexibility index (Phi) is 6.78. The summed E-state index contributed by atoms with van der Waals surface area (Å²) in [7, 11) is 4.07. The molecule has 1 atom stereocenters. The molecule has 2 aromatic carbocycles. The average Bonchev–Trinajstić information content (AvgIpc) is 3.49. The van der Waals surface area contributed by atoms with Gasteiger partial charge in [0.1, 0.15) is 5.76 Å². The molecule has 0 radical (unpaired) electrons. The quantitative estimate of drug-likeness (QED) is 0.404. The van der Waals surface area contributed by atoms with Crippen LogP contribution in [-0.4, -0.2) is 44.0 Å². The van der Waals surface area contributed by atoms with Crippen molar-refractivity contribution in [2.24, 2.45) is 0 Å². The van der Waals surface area contributed by atoms with E-state index in [-0.39, 0.29) is 17.6 Å². The van der Waals surface area contributed by atoms with Crippen molar-refractivity contribution in [1.29, 1.82) is 0 Å². The van der Waals surface area contributed by atoms with Gasteiger partial charge in [-0.2, -0.15) is 26.3 Å². The number of anilines is 2. The lowest BCUT2D eigenvalue weighted by molar-refractivity contribution is -0.143. The van der Waals surface area contributed by atoms with Crippen molar-refractivity contribution >= 4 is 17.3 Å². The summed E-state index contributed by atoms with van der Waals surface area (Å²) in [6, 6.07) is 11.1. The molecule has 36 heavy (non-hydrogen) atoms. The van der Waals surface area contributed by atoms with Gasteiger partial charge in [-0.05, 0) is 75.1 Å². The van der Waals surface area contributed by atoms with Gasteiger partial charge in [0.15, 0.2) is 5.76 Å². The molecule has 0 bridgehead atoms. The van der Waals surface area contributed by atoms with Crippen LogP contribution < -0.4 is 10.2 Å². The summed E-state index contributed by atoms with van der Waals surface area (Å²) >= 11 is 0. The average molecular weight is 511 g/mol. The molecule has 0 saturated carbocycles. The Morgan fingerprint density at radius 3 is 2.08 bits per heavy atom. The highest BCUT2D eigenvalue weighted by atomic mass is 19.4. The van der Waals surface area contributed by atoms with Crippen molar-refractivity contribution in [3.8, 4) is 11.3 Å². The number of hydrogen-bond acceptors (Lipinski definition) is 4. The van der Waals surface area contributed by atoms with Crippen molar-refractivity contribution in [2.75, 3.05) is 37.4 Å². The number of furan rings is 1. The molecule has 1 saturated heterocycles. The van der Waals surface area contributed by atoms with Crippen LogP contribution in [0.15, 0.2) is 59.0 Å². The van der Waals surface area contributed by atoms with Crippen molar-refractivity contribution in [1.82, 2.24) is 4.90 Å². The minimum absolute atomic E-state index is 0.0343. The normalized spacial score (nSPS) is 16.6. The highest BCUT2D eigenvalue weighted by Gasteiger charge is 2.37. The third-order valence-corrected chi connectivity index (χ3v) is 6.09. The van der Waals surface area contributed by atoms with Gasteiger partial charge < -0.3 is 19.5 Å². The molecule has 192 valence electrons. The minimum atomic E-state index is -4.99. The molecule has 1 fully saturated rings. The van der Waals surface area contributed by atoms with Crippen LogP contribution in [0.2, 0.25) is 0 Å². The lowest BCUT2D eigenvalue weighted by atomic mass is 10.0. The van der Waals surface area contributed by atoms with E-state index in [1.54, 1.807) is 12.1 Å². The third kappa shape index (κ3) is 5.67. The van der Waals surface area contributed by atoms with E-state index >= 15 is 0 Å². The van der Waals surface area contributed by atoms with Gasteiger partial charge in [0.25, 0.3) is 5.91 Å². The van der Waals surface area contributed by atoms with Crippen LogP contribution in [0.1, 0.15) is 28.1 Å². The van der Waals surface area contributed by atoms with E-state index < -0.39 is 35.0 Å². The number of benzene rings is 2. The largest absolute Gasteiger partial charge is 0.451 e. The fraction of sp³-hybridized carbons (Fsp3) is 0.320. The Labute approximate surface area is 203 Å². The third-order valence-electron chi connectivity index (χ3n) is 6.09. The number of likely N-dealkylation sites (N-methyl/N-ethyl adjacent to an activating group) is 1. The maximum Gasteiger partial charge on any atom is 0.416 e. The van der Waals surface area contributed by atoms with Gasteiger partial charge in [0.2, 0.25) is 0 Å². The second-order valence-corrected chi connectivity index (χ2v) is 8.81. The molecule has 4 rings (SSSR count). The number of alkyl halides is 6. The molecular formula is C25H23F6N3O2. The molecule has 1 aromatic heterocycles. The Morgan fingerprint density at radius 2 is 1.56 bits per heavy atom. The summed E-state index contributed by atoms with van der Waals surface area (Å²) in [5.41, 5.74) is -1.91. The Bertz CT molecular complexity index is 1200. The summed E-state index contributed by atoms with van der Waals surface area (Å²) in [6.45, 7) is 1.80. The van der Waals surface area contributed by atoms with E-state index in [1.807, 2.05) is 26.2 Å². The van der Waals surface area contributed by atoms with E-state index in [1.165, 1.54) is 6.07 Å². The van der Waals surface area contributed by atoms with E-state index in [0.717, 1.165) is 31.3 Å². The predicted octanol–water partition coefficient (Wildman–Crippen LogP) is 6.38. The smallest absolute Gasteiger partial charge is 0.416 e. The van der Waals surface area contributed by atoms with E-state index in [0.29, 0.717) is 23.9 Å². The molecule has 0 spiro atoms. The Morgan fingerprint density at radius 1 is 0.944 bits per heavy atom. The second kappa shape index (κ2) is 9.53. The van der Waals surface area contributed by atoms with Gasteiger partial charge in [-0.15, -0.1) is 0 Å². The van der Waals surface area contributed by atoms with E-state index in [9.17, 15) is 31.1 Å². The van der Waals surface area contributed by atoms with Crippen molar-refractivity contribution < 1.29 is 35.6 Å². The zero-order valence-corrected chi connectivity index (χ0v) is 19.4. The van der Waals surface area contributed by atoms with Crippen molar-refractivity contribution in [2.45, 2.75) is 24.8 Å². The lowest BCUT2D eigenvalue weighted by Gasteiger charge is -2.22.